The van der Waals surface area contributed by atoms with Crippen LogP contribution in [0.5, 0.6) is 0 Å². The normalized spacial score (nSPS) is 22.4. The number of rotatable bonds is 3. The van der Waals surface area contributed by atoms with Gasteiger partial charge in [-0.2, -0.15) is 0 Å². The van der Waals surface area contributed by atoms with Gasteiger partial charge in [0.15, 0.2) is 0 Å². The van der Waals surface area contributed by atoms with E-state index in [2.05, 4.69) is 82.5 Å². The molecule has 0 aliphatic heterocycles. The molecule has 0 unspecified atom stereocenters. The Morgan fingerprint density at radius 1 is 0.850 bits per heavy atom. The predicted octanol–water partition coefficient (Wildman–Crippen LogP) is 5.43. The van der Waals surface area contributed by atoms with E-state index in [-0.39, 0.29) is 0 Å². The summed E-state index contributed by atoms with van der Waals surface area (Å²) in [6, 6.07) is 20.3. The minimum atomic E-state index is 0.633. The van der Waals surface area contributed by atoms with E-state index < -0.39 is 0 Å². The van der Waals surface area contributed by atoms with Gasteiger partial charge in [-0.05, 0) is 78.0 Å². The van der Waals surface area contributed by atoms with Gasteiger partial charge in [-0.15, -0.1) is 0 Å². The summed E-state index contributed by atoms with van der Waals surface area (Å²) in [5.41, 5.74) is 2.78. The highest BCUT2D eigenvalue weighted by Crippen LogP contribution is 2.33. The lowest BCUT2D eigenvalue weighted by molar-refractivity contribution is 0.412. The molecule has 0 aromatic heterocycles. The van der Waals surface area contributed by atoms with Gasteiger partial charge in [0, 0.05) is 15.3 Å². The number of halogens is 1. The summed E-state index contributed by atoms with van der Waals surface area (Å²) in [6.07, 6.45) is 5.13. The maximum absolute atomic E-state index is 3.69. The predicted molar refractivity (Wildman–Crippen MR) is 94.2 cm³/mol. The van der Waals surface area contributed by atoms with Crippen LogP contribution in [-0.4, -0.2) is 6.04 Å². The van der Waals surface area contributed by atoms with Crippen molar-refractivity contribution in [2.45, 2.75) is 37.6 Å². The Hall–Kier alpha value is -1.03. The molecule has 0 bridgehead atoms. The molecular formula is C18H20IN. The first-order valence-corrected chi connectivity index (χ1v) is 8.46. The van der Waals surface area contributed by atoms with Gasteiger partial charge in [0.2, 0.25) is 0 Å². The monoisotopic (exact) mass is 377 g/mol. The Labute approximate surface area is 134 Å². The average Bonchev–Trinajstić information content (AvgIpc) is 2.49. The molecule has 3 rings (SSSR count). The second-order valence-electron chi connectivity index (χ2n) is 5.61. The van der Waals surface area contributed by atoms with Crippen LogP contribution in [-0.2, 0) is 0 Å². The van der Waals surface area contributed by atoms with Gasteiger partial charge in [0.1, 0.15) is 0 Å². The molecule has 1 fully saturated rings. The van der Waals surface area contributed by atoms with Crippen LogP contribution in [0.2, 0.25) is 0 Å². The lowest BCUT2D eigenvalue weighted by Crippen LogP contribution is -2.25. The lowest BCUT2D eigenvalue weighted by atomic mass is 9.82. The molecule has 2 aromatic rings. The van der Waals surface area contributed by atoms with Crippen LogP contribution in [0.1, 0.15) is 37.2 Å². The fourth-order valence-electron chi connectivity index (χ4n) is 3.11. The van der Waals surface area contributed by atoms with Crippen LogP contribution in [0, 0.1) is 3.57 Å². The van der Waals surface area contributed by atoms with Crippen molar-refractivity contribution in [1.82, 2.24) is 0 Å². The van der Waals surface area contributed by atoms with Crippen LogP contribution in [0.3, 0.4) is 0 Å². The number of hydrogen-bond donors (Lipinski definition) is 1. The van der Waals surface area contributed by atoms with Crippen molar-refractivity contribution in [3.8, 4) is 0 Å². The maximum atomic E-state index is 3.69. The van der Waals surface area contributed by atoms with E-state index in [9.17, 15) is 0 Å². The smallest absolute Gasteiger partial charge is 0.0352 e. The van der Waals surface area contributed by atoms with Gasteiger partial charge in [0.25, 0.3) is 0 Å². The van der Waals surface area contributed by atoms with Crippen molar-refractivity contribution in [2.24, 2.45) is 0 Å². The van der Waals surface area contributed by atoms with Gasteiger partial charge < -0.3 is 5.32 Å². The Balaban J connectivity index is 1.56. The molecule has 0 amide bonds. The first-order valence-electron chi connectivity index (χ1n) is 7.38. The number of hydrogen-bond acceptors (Lipinski definition) is 1. The first-order chi connectivity index (χ1) is 9.81. The summed E-state index contributed by atoms with van der Waals surface area (Å²) in [7, 11) is 0. The minimum Gasteiger partial charge on any atom is -0.382 e. The van der Waals surface area contributed by atoms with E-state index >= 15 is 0 Å². The summed E-state index contributed by atoms with van der Waals surface area (Å²) >= 11 is 2.37. The first kappa shape index (κ1) is 13.9. The lowest BCUT2D eigenvalue weighted by Gasteiger charge is -2.30. The Kier molecular flexibility index (Phi) is 4.61. The fraction of sp³-hybridized carbons (Fsp3) is 0.333. The van der Waals surface area contributed by atoms with E-state index in [0.717, 1.165) is 5.92 Å². The van der Waals surface area contributed by atoms with Gasteiger partial charge in [-0.3, -0.25) is 0 Å². The van der Waals surface area contributed by atoms with Crippen molar-refractivity contribution in [3.05, 3.63) is 63.7 Å². The highest BCUT2D eigenvalue weighted by Gasteiger charge is 2.21. The van der Waals surface area contributed by atoms with Crippen molar-refractivity contribution >= 4 is 28.3 Å². The second kappa shape index (κ2) is 6.61. The molecule has 0 saturated heterocycles. The third-order valence-electron chi connectivity index (χ3n) is 4.19. The minimum absolute atomic E-state index is 0.633. The summed E-state index contributed by atoms with van der Waals surface area (Å²) in [6.45, 7) is 0. The van der Waals surface area contributed by atoms with E-state index in [1.165, 1.54) is 40.5 Å². The summed E-state index contributed by atoms with van der Waals surface area (Å²) in [5.74, 6) is 0.755. The number of anilines is 1. The van der Waals surface area contributed by atoms with Crippen molar-refractivity contribution in [3.63, 3.8) is 0 Å². The molecule has 2 heteroatoms. The van der Waals surface area contributed by atoms with Gasteiger partial charge in [-0.1, -0.05) is 36.4 Å². The maximum Gasteiger partial charge on any atom is 0.0352 e. The Morgan fingerprint density at radius 3 is 2.30 bits per heavy atom. The topological polar surface area (TPSA) is 12.0 Å². The van der Waals surface area contributed by atoms with Crippen LogP contribution in [0.25, 0.3) is 0 Å². The standard InChI is InChI=1S/C18H20IN/c19-16-7-4-8-18(13-16)20-17-11-9-15(10-12-17)14-5-2-1-3-6-14/h1-8,13,15,17,20H,9-12H2. The van der Waals surface area contributed by atoms with E-state index in [1.54, 1.807) is 0 Å². The van der Waals surface area contributed by atoms with Gasteiger partial charge >= 0.3 is 0 Å². The zero-order valence-corrected chi connectivity index (χ0v) is 13.7. The van der Waals surface area contributed by atoms with Gasteiger partial charge in [-0.25, -0.2) is 0 Å². The summed E-state index contributed by atoms with van der Waals surface area (Å²) < 4.78 is 1.30. The zero-order chi connectivity index (χ0) is 13.8. The SMILES string of the molecule is Ic1cccc(NC2CCC(c3ccccc3)CC2)c1. The molecule has 1 aliphatic rings. The molecule has 1 saturated carbocycles. The zero-order valence-electron chi connectivity index (χ0n) is 11.6. The molecule has 1 aliphatic carbocycles. The number of benzene rings is 2. The van der Waals surface area contributed by atoms with E-state index in [4.69, 9.17) is 0 Å². The largest absolute Gasteiger partial charge is 0.382 e. The van der Waals surface area contributed by atoms with Crippen LogP contribution in [0.4, 0.5) is 5.69 Å². The van der Waals surface area contributed by atoms with Crippen LogP contribution < -0.4 is 5.32 Å². The van der Waals surface area contributed by atoms with E-state index in [1.807, 2.05) is 0 Å². The molecule has 0 atom stereocenters. The summed E-state index contributed by atoms with van der Waals surface area (Å²) in [5, 5.41) is 3.69. The Bertz CT molecular complexity index is 544. The van der Waals surface area contributed by atoms with Crippen LogP contribution in [0.15, 0.2) is 54.6 Å². The molecule has 0 radical (unpaired) electrons. The Morgan fingerprint density at radius 2 is 1.60 bits per heavy atom. The molecule has 1 nitrogen and oxygen atoms in total. The quantitative estimate of drug-likeness (QED) is 0.704. The highest BCUT2D eigenvalue weighted by molar-refractivity contribution is 14.1. The van der Waals surface area contributed by atoms with Crippen molar-refractivity contribution in [1.29, 1.82) is 0 Å². The highest BCUT2D eigenvalue weighted by atomic mass is 127. The average molecular weight is 377 g/mol. The molecular weight excluding hydrogens is 357 g/mol. The molecule has 104 valence electrons. The molecule has 0 spiro atoms. The van der Waals surface area contributed by atoms with Crippen molar-refractivity contribution in [2.75, 3.05) is 5.32 Å². The summed E-state index contributed by atoms with van der Waals surface area (Å²) in [4.78, 5) is 0. The molecule has 2 aromatic carbocycles. The molecule has 20 heavy (non-hydrogen) atoms. The third-order valence-corrected chi connectivity index (χ3v) is 4.86. The third kappa shape index (κ3) is 3.54. The fourth-order valence-corrected chi connectivity index (χ4v) is 3.65. The second-order valence-corrected chi connectivity index (χ2v) is 6.86. The van der Waals surface area contributed by atoms with Crippen LogP contribution >= 0.6 is 22.6 Å². The molecule has 0 heterocycles. The molecule has 1 N–H and O–H groups in total. The van der Waals surface area contributed by atoms with Crippen molar-refractivity contribution < 1.29 is 0 Å². The van der Waals surface area contributed by atoms with E-state index in [0.29, 0.717) is 6.04 Å². The number of nitrogens with one attached hydrogen (secondary N) is 1. The van der Waals surface area contributed by atoms with Gasteiger partial charge in [0.05, 0.1) is 0 Å².